The molecule has 2 aromatic rings. The van der Waals surface area contributed by atoms with E-state index >= 15 is 0 Å². The first kappa shape index (κ1) is 22.5. The van der Waals surface area contributed by atoms with Gasteiger partial charge in [-0.1, -0.05) is 48.6 Å². The Kier molecular flexibility index (Phi) is 5.60. The third-order valence-electron chi connectivity index (χ3n) is 7.69. The van der Waals surface area contributed by atoms with Gasteiger partial charge in [-0.25, -0.2) is 0 Å². The third kappa shape index (κ3) is 3.28. The highest BCUT2D eigenvalue weighted by molar-refractivity contribution is 6.04. The molecule has 0 saturated carbocycles. The molecule has 4 heteroatoms. The fourth-order valence-electron chi connectivity index (χ4n) is 6.02. The lowest BCUT2D eigenvalue weighted by atomic mass is 9.82. The van der Waals surface area contributed by atoms with Crippen LogP contribution in [0.5, 0.6) is 0 Å². The first-order valence-electron chi connectivity index (χ1n) is 12.4. The Morgan fingerprint density at radius 2 is 0.917 bits per heavy atom. The van der Waals surface area contributed by atoms with E-state index in [-0.39, 0.29) is 0 Å². The fourth-order valence-corrected chi connectivity index (χ4v) is 6.02. The monoisotopic (exact) mass is 478 g/mol. The number of ether oxygens (including phenoxy) is 4. The normalized spacial score (nSPS) is 17.4. The lowest BCUT2D eigenvalue weighted by molar-refractivity contribution is 0.301. The van der Waals surface area contributed by atoms with Crippen LogP contribution in [0.15, 0.2) is 60.1 Å². The molecule has 4 aliphatic carbocycles. The maximum absolute atomic E-state index is 5.99. The van der Waals surface area contributed by atoms with E-state index in [1.54, 1.807) is 28.4 Å². The van der Waals surface area contributed by atoms with Crippen LogP contribution >= 0.6 is 0 Å². The molecule has 0 amide bonds. The Labute approximate surface area is 211 Å². The van der Waals surface area contributed by atoms with Gasteiger partial charge in [-0.05, 0) is 57.7 Å². The highest BCUT2D eigenvalue weighted by atomic mass is 16.5. The van der Waals surface area contributed by atoms with Gasteiger partial charge >= 0.3 is 0 Å². The number of benzene rings is 2. The first-order valence-corrected chi connectivity index (χ1v) is 12.4. The molecule has 0 aromatic heterocycles. The van der Waals surface area contributed by atoms with Gasteiger partial charge in [0, 0.05) is 34.4 Å². The molecule has 6 rings (SSSR count). The SMILES string of the molecule is COC1=CCc2c3c(ccc2=C1C1=c2ccc4c(c2CC=C1OC)C=CCC=4OC)=C(OC)CC=C3. The Bertz CT molecular complexity index is 1540. The van der Waals surface area contributed by atoms with Crippen molar-refractivity contribution in [1.29, 1.82) is 0 Å². The van der Waals surface area contributed by atoms with Crippen LogP contribution in [0.2, 0.25) is 0 Å². The molecule has 0 N–H and O–H groups in total. The summed E-state index contributed by atoms with van der Waals surface area (Å²) in [6.07, 6.45) is 16.5. The highest BCUT2D eigenvalue weighted by Gasteiger charge is 2.27. The molecule has 2 aromatic carbocycles. The first-order chi connectivity index (χ1) is 17.7. The molecule has 0 unspecified atom stereocenters. The van der Waals surface area contributed by atoms with E-state index in [9.17, 15) is 0 Å². The number of fused-ring (bicyclic) bond motifs is 6. The molecule has 0 aliphatic heterocycles. The molecule has 0 atom stereocenters. The summed E-state index contributed by atoms with van der Waals surface area (Å²) in [7, 11) is 7.01. The summed E-state index contributed by atoms with van der Waals surface area (Å²) in [6, 6.07) is 8.81. The molecule has 0 spiro atoms. The minimum Gasteiger partial charge on any atom is -0.500 e. The van der Waals surface area contributed by atoms with Crippen LogP contribution in [0.3, 0.4) is 0 Å². The Morgan fingerprint density at radius 3 is 1.31 bits per heavy atom. The van der Waals surface area contributed by atoms with E-state index in [1.165, 1.54) is 43.1 Å². The predicted octanol–water partition coefficient (Wildman–Crippen LogP) is 3.20. The third-order valence-corrected chi connectivity index (χ3v) is 7.69. The van der Waals surface area contributed by atoms with Crippen LogP contribution < -0.4 is 20.9 Å². The molecular weight excluding hydrogens is 448 g/mol. The van der Waals surface area contributed by atoms with Crippen molar-refractivity contribution in [1.82, 2.24) is 0 Å². The van der Waals surface area contributed by atoms with Crippen molar-refractivity contribution in [3.63, 3.8) is 0 Å². The molecule has 182 valence electrons. The molecule has 0 heterocycles. The number of methoxy groups -OCH3 is 4. The summed E-state index contributed by atoms with van der Waals surface area (Å²) in [5, 5.41) is 4.70. The van der Waals surface area contributed by atoms with Gasteiger partial charge in [-0.15, -0.1) is 0 Å². The van der Waals surface area contributed by atoms with Crippen molar-refractivity contribution >= 4 is 34.8 Å². The molecule has 0 fully saturated rings. The zero-order chi connectivity index (χ0) is 24.8. The smallest absolute Gasteiger partial charge is 0.123 e. The van der Waals surface area contributed by atoms with Crippen molar-refractivity contribution in [3.05, 3.63) is 103 Å². The van der Waals surface area contributed by atoms with E-state index in [1.807, 2.05) is 0 Å². The molecule has 4 aliphatic rings. The Balaban J connectivity index is 1.77. The minimum absolute atomic E-state index is 0.803. The van der Waals surface area contributed by atoms with E-state index in [0.29, 0.717) is 0 Å². The average molecular weight is 479 g/mol. The van der Waals surface area contributed by atoms with E-state index in [0.717, 1.165) is 59.9 Å². The van der Waals surface area contributed by atoms with Gasteiger partial charge < -0.3 is 18.9 Å². The van der Waals surface area contributed by atoms with Crippen LogP contribution in [0, 0.1) is 0 Å². The van der Waals surface area contributed by atoms with Gasteiger partial charge in [0.15, 0.2) is 0 Å². The minimum atomic E-state index is 0.803. The number of hydrogen-bond donors (Lipinski definition) is 0. The van der Waals surface area contributed by atoms with Crippen molar-refractivity contribution in [3.8, 4) is 0 Å². The highest BCUT2D eigenvalue weighted by Crippen LogP contribution is 2.33. The summed E-state index contributed by atoms with van der Waals surface area (Å²) in [5.41, 5.74) is 7.18. The van der Waals surface area contributed by atoms with E-state index in [4.69, 9.17) is 18.9 Å². The maximum atomic E-state index is 5.99. The predicted molar refractivity (Wildman–Crippen MR) is 144 cm³/mol. The van der Waals surface area contributed by atoms with Crippen LogP contribution in [0.4, 0.5) is 0 Å². The molecule has 0 radical (unpaired) electrons. The second kappa shape index (κ2) is 8.94. The van der Waals surface area contributed by atoms with Crippen LogP contribution in [-0.2, 0) is 31.8 Å². The number of allylic oxidation sites excluding steroid dienone is 4. The Morgan fingerprint density at radius 1 is 0.500 bits per heavy atom. The van der Waals surface area contributed by atoms with Crippen LogP contribution in [0.25, 0.3) is 34.8 Å². The van der Waals surface area contributed by atoms with E-state index in [2.05, 4.69) is 60.7 Å². The largest absolute Gasteiger partial charge is 0.500 e. The zero-order valence-corrected chi connectivity index (χ0v) is 21.2. The lowest BCUT2D eigenvalue weighted by Gasteiger charge is -2.26. The topological polar surface area (TPSA) is 36.9 Å². The molecule has 36 heavy (non-hydrogen) atoms. The van der Waals surface area contributed by atoms with E-state index < -0.39 is 0 Å². The quantitative estimate of drug-likeness (QED) is 0.662. The summed E-state index contributed by atoms with van der Waals surface area (Å²) in [4.78, 5) is 0. The molecule has 4 nitrogen and oxygen atoms in total. The summed E-state index contributed by atoms with van der Waals surface area (Å²) < 4.78 is 23.4. The second-order valence-electron chi connectivity index (χ2n) is 9.28. The lowest BCUT2D eigenvalue weighted by Crippen LogP contribution is -2.32. The van der Waals surface area contributed by atoms with Gasteiger partial charge in [0.05, 0.1) is 28.4 Å². The summed E-state index contributed by atoms with van der Waals surface area (Å²) in [5.74, 6) is 3.77. The molecule has 0 bridgehead atoms. The summed E-state index contributed by atoms with van der Waals surface area (Å²) in [6.45, 7) is 0. The maximum Gasteiger partial charge on any atom is 0.123 e. The standard InChI is InChI=1S/C32H30O4/c1-33-27-9-5-7-19-21-15-17-29(35-3)31(25(21)13-11-23(19)27)32-26-14-12-24-20(8-6-10-28(24)34-2)22(26)16-18-30(32)36-4/h5-8,11-14,17-18H,9-10,15-16H2,1-4H3. The van der Waals surface area contributed by atoms with Crippen molar-refractivity contribution < 1.29 is 18.9 Å². The average Bonchev–Trinajstić information content (AvgIpc) is 2.94. The number of rotatable bonds is 5. The zero-order valence-electron chi connectivity index (χ0n) is 21.2. The van der Waals surface area contributed by atoms with Crippen molar-refractivity contribution in [2.45, 2.75) is 25.7 Å². The fraction of sp³-hybridized carbons (Fsp3) is 0.250. The van der Waals surface area contributed by atoms with Crippen LogP contribution in [-0.4, -0.2) is 28.4 Å². The molecule has 0 saturated heterocycles. The van der Waals surface area contributed by atoms with Gasteiger partial charge in [0.25, 0.3) is 0 Å². The number of hydrogen-bond acceptors (Lipinski definition) is 4. The van der Waals surface area contributed by atoms with Crippen molar-refractivity contribution in [2.24, 2.45) is 0 Å². The Hall–Kier alpha value is -3.92. The summed E-state index contributed by atoms with van der Waals surface area (Å²) >= 11 is 0. The van der Waals surface area contributed by atoms with Gasteiger partial charge in [-0.2, -0.15) is 0 Å². The molecular formula is C32H30O4. The second-order valence-corrected chi connectivity index (χ2v) is 9.28. The van der Waals surface area contributed by atoms with Crippen LogP contribution in [0.1, 0.15) is 35.1 Å². The van der Waals surface area contributed by atoms with Gasteiger partial charge in [-0.3, -0.25) is 0 Å². The van der Waals surface area contributed by atoms with Crippen molar-refractivity contribution in [2.75, 3.05) is 28.4 Å². The van der Waals surface area contributed by atoms with Gasteiger partial charge in [0.2, 0.25) is 0 Å². The van der Waals surface area contributed by atoms with Gasteiger partial charge in [0.1, 0.15) is 23.0 Å².